The number of pyridine rings is 1. The number of ether oxygens (including phenoxy) is 1. The average molecular weight is 459 g/mol. The minimum absolute atomic E-state index is 0.0157. The van der Waals surface area contributed by atoms with Gasteiger partial charge in [-0.15, -0.1) is 0 Å². The first-order chi connectivity index (χ1) is 16.5. The molecule has 1 atom stereocenters. The zero-order valence-corrected chi connectivity index (χ0v) is 19.8. The van der Waals surface area contributed by atoms with Gasteiger partial charge < -0.3 is 19.9 Å². The van der Waals surface area contributed by atoms with E-state index in [1.807, 2.05) is 72.5 Å². The molecule has 3 aromatic rings. The lowest BCUT2D eigenvalue weighted by atomic mass is 10.00. The van der Waals surface area contributed by atoms with Gasteiger partial charge in [0.1, 0.15) is 5.75 Å². The molecule has 0 aliphatic carbocycles. The standard InChI is InChI=1S/C27H30N4O3/c1-19-7-8-22(16-25(19)29-17-23-6-4-5-13-28-23)27(33)31-15-14-30(20(2)32)18-26(31)21-9-11-24(34-3)12-10-21/h4-13,16,26,29H,14-15,17-18H2,1-3H3/t26-/m1/s1. The number of hydrogen-bond donors (Lipinski definition) is 1. The van der Waals surface area contributed by atoms with E-state index in [-0.39, 0.29) is 17.9 Å². The first-order valence-corrected chi connectivity index (χ1v) is 11.4. The summed E-state index contributed by atoms with van der Waals surface area (Å²) in [6.45, 7) is 5.61. The summed E-state index contributed by atoms with van der Waals surface area (Å²) in [5.41, 5.74) is 4.48. The topological polar surface area (TPSA) is 74.8 Å². The minimum atomic E-state index is -0.234. The largest absolute Gasteiger partial charge is 0.497 e. The summed E-state index contributed by atoms with van der Waals surface area (Å²) in [6, 6.07) is 19.0. The van der Waals surface area contributed by atoms with Crippen LogP contribution in [0.3, 0.4) is 0 Å². The third-order valence-corrected chi connectivity index (χ3v) is 6.26. The predicted octanol–water partition coefficient (Wildman–Crippen LogP) is 4.06. The number of carbonyl (C=O) groups is 2. The molecule has 34 heavy (non-hydrogen) atoms. The van der Waals surface area contributed by atoms with Crippen LogP contribution in [-0.4, -0.2) is 53.3 Å². The Morgan fingerprint density at radius 2 is 1.88 bits per heavy atom. The summed E-state index contributed by atoms with van der Waals surface area (Å²) in [6.07, 6.45) is 1.77. The molecule has 1 saturated heterocycles. The third kappa shape index (κ3) is 5.20. The Labute approximate surface area is 200 Å². The number of anilines is 1. The van der Waals surface area contributed by atoms with Crippen molar-refractivity contribution < 1.29 is 14.3 Å². The van der Waals surface area contributed by atoms with Crippen molar-refractivity contribution in [2.75, 3.05) is 32.1 Å². The number of amides is 2. The van der Waals surface area contributed by atoms with Gasteiger partial charge in [-0.3, -0.25) is 14.6 Å². The predicted molar refractivity (Wildman–Crippen MR) is 132 cm³/mol. The lowest BCUT2D eigenvalue weighted by molar-refractivity contribution is -0.131. The van der Waals surface area contributed by atoms with Gasteiger partial charge in [0.2, 0.25) is 5.91 Å². The van der Waals surface area contributed by atoms with Gasteiger partial charge in [-0.05, 0) is 54.4 Å². The first-order valence-electron chi connectivity index (χ1n) is 11.4. The van der Waals surface area contributed by atoms with Gasteiger partial charge in [0.25, 0.3) is 5.91 Å². The molecule has 7 heteroatoms. The summed E-state index contributed by atoms with van der Waals surface area (Å²) in [4.78, 5) is 33.8. The van der Waals surface area contributed by atoms with Gasteiger partial charge in [-0.2, -0.15) is 0 Å². The van der Waals surface area contributed by atoms with E-state index >= 15 is 0 Å². The molecule has 0 unspecified atom stereocenters. The van der Waals surface area contributed by atoms with Crippen molar-refractivity contribution in [3.8, 4) is 5.75 Å². The number of carbonyl (C=O) groups excluding carboxylic acids is 2. The lowest BCUT2D eigenvalue weighted by Gasteiger charge is -2.41. The fourth-order valence-electron chi connectivity index (χ4n) is 4.22. The van der Waals surface area contributed by atoms with E-state index in [1.54, 1.807) is 25.1 Å². The number of aromatic nitrogens is 1. The Kier molecular flexibility index (Phi) is 7.11. The molecule has 2 amide bonds. The van der Waals surface area contributed by atoms with Crippen molar-refractivity contribution in [3.05, 3.63) is 89.2 Å². The van der Waals surface area contributed by atoms with E-state index in [1.165, 1.54) is 0 Å². The normalized spacial score (nSPS) is 15.7. The van der Waals surface area contributed by atoms with Crippen LogP contribution in [0.1, 0.15) is 40.1 Å². The van der Waals surface area contributed by atoms with Gasteiger partial charge in [0.15, 0.2) is 0 Å². The Hall–Kier alpha value is -3.87. The van der Waals surface area contributed by atoms with Crippen LogP contribution in [0.15, 0.2) is 66.9 Å². The van der Waals surface area contributed by atoms with Gasteiger partial charge >= 0.3 is 0 Å². The molecular weight excluding hydrogens is 428 g/mol. The summed E-state index contributed by atoms with van der Waals surface area (Å²) in [5, 5.41) is 3.40. The third-order valence-electron chi connectivity index (χ3n) is 6.26. The Morgan fingerprint density at radius 1 is 1.09 bits per heavy atom. The molecule has 1 aliphatic rings. The molecule has 2 aromatic carbocycles. The second kappa shape index (κ2) is 10.4. The number of methoxy groups -OCH3 is 1. The Balaban J connectivity index is 1.58. The summed E-state index contributed by atoms with van der Waals surface area (Å²) in [5.74, 6) is 0.717. The molecular formula is C27H30N4O3. The number of nitrogens with zero attached hydrogens (tertiary/aromatic N) is 3. The zero-order chi connectivity index (χ0) is 24.1. The fourth-order valence-corrected chi connectivity index (χ4v) is 4.22. The molecule has 1 N–H and O–H groups in total. The maximum atomic E-state index is 13.7. The van der Waals surface area contributed by atoms with E-state index in [2.05, 4.69) is 10.3 Å². The van der Waals surface area contributed by atoms with Gasteiger partial charge in [-0.25, -0.2) is 0 Å². The van der Waals surface area contributed by atoms with Crippen LogP contribution in [0.2, 0.25) is 0 Å². The number of rotatable bonds is 6. The van der Waals surface area contributed by atoms with Crippen molar-refractivity contribution in [2.24, 2.45) is 0 Å². The number of nitrogens with one attached hydrogen (secondary N) is 1. The van der Waals surface area contributed by atoms with Crippen LogP contribution in [-0.2, 0) is 11.3 Å². The molecule has 1 fully saturated rings. The maximum absolute atomic E-state index is 13.7. The fraction of sp³-hybridized carbons (Fsp3) is 0.296. The highest BCUT2D eigenvalue weighted by Crippen LogP contribution is 2.29. The summed E-state index contributed by atoms with van der Waals surface area (Å²) < 4.78 is 5.28. The van der Waals surface area contributed by atoms with Gasteiger partial charge in [0, 0.05) is 44.0 Å². The molecule has 2 heterocycles. The SMILES string of the molecule is COc1ccc([C@H]2CN(C(C)=O)CCN2C(=O)c2ccc(C)c(NCc3ccccn3)c2)cc1. The molecule has 0 saturated carbocycles. The van der Waals surface area contributed by atoms with E-state index < -0.39 is 0 Å². The van der Waals surface area contributed by atoms with Crippen LogP contribution >= 0.6 is 0 Å². The van der Waals surface area contributed by atoms with E-state index in [0.29, 0.717) is 31.7 Å². The summed E-state index contributed by atoms with van der Waals surface area (Å²) >= 11 is 0. The van der Waals surface area contributed by atoms with Crippen LogP contribution in [0.4, 0.5) is 5.69 Å². The highest BCUT2D eigenvalue weighted by Gasteiger charge is 2.33. The monoisotopic (exact) mass is 458 g/mol. The van der Waals surface area contributed by atoms with Crippen molar-refractivity contribution >= 4 is 17.5 Å². The van der Waals surface area contributed by atoms with E-state index in [9.17, 15) is 9.59 Å². The van der Waals surface area contributed by atoms with Crippen molar-refractivity contribution in [2.45, 2.75) is 26.4 Å². The average Bonchev–Trinajstić information content (AvgIpc) is 2.88. The molecule has 176 valence electrons. The summed E-state index contributed by atoms with van der Waals surface area (Å²) in [7, 11) is 1.62. The Morgan fingerprint density at radius 3 is 2.56 bits per heavy atom. The zero-order valence-electron chi connectivity index (χ0n) is 19.8. The molecule has 0 radical (unpaired) electrons. The number of benzene rings is 2. The molecule has 1 aliphatic heterocycles. The van der Waals surface area contributed by atoms with Gasteiger partial charge in [-0.1, -0.05) is 24.3 Å². The molecule has 1 aromatic heterocycles. The quantitative estimate of drug-likeness (QED) is 0.603. The second-order valence-corrected chi connectivity index (χ2v) is 8.46. The highest BCUT2D eigenvalue weighted by atomic mass is 16.5. The first kappa shape index (κ1) is 23.3. The van der Waals surface area contributed by atoms with Crippen molar-refractivity contribution in [1.82, 2.24) is 14.8 Å². The van der Waals surface area contributed by atoms with Crippen LogP contribution < -0.4 is 10.1 Å². The number of piperazine rings is 1. The molecule has 7 nitrogen and oxygen atoms in total. The Bertz CT molecular complexity index is 1150. The van der Waals surface area contributed by atoms with E-state index in [0.717, 1.165) is 28.3 Å². The van der Waals surface area contributed by atoms with Crippen molar-refractivity contribution in [3.63, 3.8) is 0 Å². The van der Waals surface area contributed by atoms with Crippen molar-refractivity contribution in [1.29, 1.82) is 0 Å². The second-order valence-electron chi connectivity index (χ2n) is 8.46. The minimum Gasteiger partial charge on any atom is -0.497 e. The van der Waals surface area contributed by atoms with Crippen LogP contribution in [0, 0.1) is 6.92 Å². The van der Waals surface area contributed by atoms with Crippen LogP contribution in [0.25, 0.3) is 0 Å². The number of hydrogen-bond acceptors (Lipinski definition) is 5. The lowest BCUT2D eigenvalue weighted by Crippen LogP contribution is -2.51. The molecule has 0 spiro atoms. The number of aryl methyl sites for hydroxylation is 1. The smallest absolute Gasteiger partial charge is 0.254 e. The molecule has 0 bridgehead atoms. The van der Waals surface area contributed by atoms with Crippen LogP contribution in [0.5, 0.6) is 5.75 Å². The maximum Gasteiger partial charge on any atom is 0.254 e. The van der Waals surface area contributed by atoms with E-state index in [4.69, 9.17) is 4.74 Å². The molecule has 4 rings (SSSR count). The van der Waals surface area contributed by atoms with Gasteiger partial charge in [0.05, 0.1) is 25.4 Å². The highest BCUT2D eigenvalue weighted by molar-refractivity contribution is 5.96.